The van der Waals surface area contributed by atoms with Gasteiger partial charge in [0.1, 0.15) is 10.8 Å². The molecule has 1 N–H and O–H groups in total. The monoisotopic (exact) mass is 334 g/mol. The molecule has 0 atom stereocenters. The maximum Gasteiger partial charge on any atom is 0.289 e. The summed E-state index contributed by atoms with van der Waals surface area (Å²) in [4.78, 5) is 22.5. The standard InChI is InChI=1S/C16H15ClN2O4/c1-10(2)23-13-5-3-4-11(8-13)16(20)18-12-6-7-14(17)15(9-12)19(21)22/h3-10H,1-2H3,(H,18,20). The Hall–Kier alpha value is -2.60. The van der Waals surface area contributed by atoms with E-state index in [4.69, 9.17) is 16.3 Å². The number of hydrogen-bond donors (Lipinski definition) is 1. The van der Waals surface area contributed by atoms with E-state index < -0.39 is 10.8 Å². The van der Waals surface area contributed by atoms with Crippen LogP contribution in [-0.2, 0) is 0 Å². The zero-order valence-electron chi connectivity index (χ0n) is 12.6. The predicted octanol–water partition coefficient (Wildman–Crippen LogP) is 4.29. The SMILES string of the molecule is CC(C)Oc1cccc(C(=O)Nc2ccc(Cl)c([N+](=O)[O-])c2)c1. The Bertz CT molecular complexity index is 747. The van der Waals surface area contributed by atoms with Gasteiger partial charge in [-0.1, -0.05) is 17.7 Å². The molecule has 0 spiro atoms. The lowest BCUT2D eigenvalue weighted by Crippen LogP contribution is -2.13. The van der Waals surface area contributed by atoms with E-state index in [-0.39, 0.29) is 16.8 Å². The molecular weight excluding hydrogens is 320 g/mol. The molecule has 2 aromatic rings. The van der Waals surface area contributed by atoms with Crippen molar-refractivity contribution in [1.29, 1.82) is 0 Å². The van der Waals surface area contributed by atoms with E-state index in [1.54, 1.807) is 24.3 Å². The highest BCUT2D eigenvalue weighted by molar-refractivity contribution is 6.32. The lowest BCUT2D eigenvalue weighted by molar-refractivity contribution is -0.384. The number of ether oxygens (including phenoxy) is 1. The number of nitrogens with one attached hydrogen (secondary N) is 1. The Morgan fingerprint density at radius 1 is 1.26 bits per heavy atom. The average molecular weight is 335 g/mol. The Morgan fingerprint density at radius 3 is 2.65 bits per heavy atom. The van der Waals surface area contributed by atoms with Crippen molar-refractivity contribution in [3.05, 3.63) is 63.2 Å². The number of carbonyl (C=O) groups is 1. The Balaban J connectivity index is 2.19. The van der Waals surface area contributed by atoms with Crippen LogP contribution < -0.4 is 10.1 Å². The molecule has 0 aliphatic heterocycles. The second-order valence-electron chi connectivity index (χ2n) is 5.07. The summed E-state index contributed by atoms with van der Waals surface area (Å²) in [5, 5.41) is 13.5. The van der Waals surface area contributed by atoms with Gasteiger partial charge in [0.2, 0.25) is 0 Å². The van der Waals surface area contributed by atoms with E-state index in [0.29, 0.717) is 17.0 Å². The normalized spacial score (nSPS) is 10.4. The molecule has 0 aliphatic rings. The number of carbonyl (C=O) groups excluding carboxylic acids is 1. The van der Waals surface area contributed by atoms with Crippen molar-refractivity contribution in [2.45, 2.75) is 20.0 Å². The highest BCUT2D eigenvalue weighted by atomic mass is 35.5. The quantitative estimate of drug-likeness (QED) is 0.653. The maximum atomic E-state index is 12.2. The summed E-state index contributed by atoms with van der Waals surface area (Å²) in [5.74, 6) is 0.186. The van der Waals surface area contributed by atoms with Gasteiger partial charge in [-0.15, -0.1) is 0 Å². The molecule has 0 unspecified atom stereocenters. The van der Waals surface area contributed by atoms with Crippen LogP contribution >= 0.6 is 11.6 Å². The number of hydrogen-bond acceptors (Lipinski definition) is 4. The molecule has 2 rings (SSSR count). The second-order valence-corrected chi connectivity index (χ2v) is 5.48. The first-order valence-corrected chi connectivity index (χ1v) is 7.26. The van der Waals surface area contributed by atoms with Crippen molar-refractivity contribution in [2.75, 3.05) is 5.32 Å². The van der Waals surface area contributed by atoms with Crippen molar-refractivity contribution in [3.63, 3.8) is 0 Å². The zero-order valence-corrected chi connectivity index (χ0v) is 13.3. The molecule has 23 heavy (non-hydrogen) atoms. The lowest BCUT2D eigenvalue weighted by Gasteiger charge is -2.11. The number of nitro benzene ring substituents is 1. The van der Waals surface area contributed by atoms with Crippen molar-refractivity contribution >= 4 is 28.9 Å². The van der Waals surface area contributed by atoms with Crippen LogP contribution in [0.15, 0.2) is 42.5 Å². The van der Waals surface area contributed by atoms with Crippen LogP contribution in [0.1, 0.15) is 24.2 Å². The molecule has 2 aromatic carbocycles. The first kappa shape index (κ1) is 16.8. The van der Waals surface area contributed by atoms with Gasteiger partial charge in [-0.2, -0.15) is 0 Å². The van der Waals surface area contributed by atoms with Crippen LogP contribution in [0.25, 0.3) is 0 Å². The molecule has 120 valence electrons. The van der Waals surface area contributed by atoms with Crippen LogP contribution in [0, 0.1) is 10.1 Å². The largest absolute Gasteiger partial charge is 0.491 e. The van der Waals surface area contributed by atoms with Crippen LogP contribution in [0.5, 0.6) is 5.75 Å². The fourth-order valence-electron chi connectivity index (χ4n) is 1.92. The third-order valence-corrected chi connectivity index (χ3v) is 3.19. The highest BCUT2D eigenvalue weighted by Crippen LogP contribution is 2.27. The highest BCUT2D eigenvalue weighted by Gasteiger charge is 2.15. The minimum absolute atomic E-state index is 0.00720. The zero-order chi connectivity index (χ0) is 17.0. The second kappa shape index (κ2) is 7.11. The first-order valence-electron chi connectivity index (χ1n) is 6.89. The molecule has 0 radical (unpaired) electrons. The predicted molar refractivity (Wildman–Crippen MR) is 88.3 cm³/mol. The Kier molecular flexibility index (Phi) is 5.18. The van der Waals surface area contributed by atoms with Crippen LogP contribution in [0.4, 0.5) is 11.4 Å². The molecule has 1 amide bonds. The summed E-state index contributed by atoms with van der Waals surface area (Å²) in [7, 11) is 0. The lowest BCUT2D eigenvalue weighted by atomic mass is 10.2. The van der Waals surface area contributed by atoms with E-state index >= 15 is 0 Å². The summed E-state index contributed by atoms with van der Waals surface area (Å²) in [6.07, 6.45) is -0.00720. The first-order chi connectivity index (χ1) is 10.9. The number of rotatable bonds is 5. The molecular formula is C16H15ClN2O4. The summed E-state index contributed by atoms with van der Waals surface area (Å²) in [6, 6.07) is 10.8. The van der Waals surface area contributed by atoms with E-state index in [0.717, 1.165) is 0 Å². The van der Waals surface area contributed by atoms with Crippen LogP contribution in [0.2, 0.25) is 5.02 Å². The van der Waals surface area contributed by atoms with Crippen molar-refractivity contribution < 1.29 is 14.5 Å². The Labute approximate surface area is 138 Å². The minimum Gasteiger partial charge on any atom is -0.491 e. The van der Waals surface area contributed by atoms with Gasteiger partial charge in [-0.05, 0) is 44.2 Å². The third kappa shape index (κ3) is 4.43. The fourth-order valence-corrected chi connectivity index (χ4v) is 2.10. The number of amides is 1. The minimum atomic E-state index is -0.602. The number of nitrogens with zero attached hydrogens (tertiary/aromatic N) is 1. The topological polar surface area (TPSA) is 81.5 Å². The summed E-state index contributed by atoms with van der Waals surface area (Å²) in [6.45, 7) is 3.78. The summed E-state index contributed by atoms with van der Waals surface area (Å²) >= 11 is 5.74. The average Bonchev–Trinajstić information content (AvgIpc) is 2.48. The van der Waals surface area contributed by atoms with E-state index in [9.17, 15) is 14.9 Å². The van der Waals surface area contributed by atoms with E-state index in [1.807, 2.05) is 13.8 Å². The molecule has 0 bridgehead atoms. The Morgan fingerprint density at radius 2 is 2.00 bits per heavy atom. The molecule has 0 saturated carbocycles. The van der Waals surface area contributed by atoms with Gasteiger partial charge in [-0.25, -0.2) is 0 Å². The molecule has 0 aliphatic carbocycles. The van der Waals surface area contributed by atoms with Gasteiger partial charge in [0, 0.05) is 17.3 Å². The third-order valence-electron chi connectivity index (χ3n) is 2.87. The van der Waals surface area contributed by atoms with Crippen molar-refractivity contribution in [1.82, 2.24) is 0 Å². The number of anilines is 1. The molecule has 6 nitrogen and oxygen atoms in total. The number of benzene rings is 2. The maximum absolute atomic E-state index is 12.2. The van der Waals surface area contributed by atoms with Gasteiger partial charge in [0.05, 0.1) is 11.0 Å². The van der Waals surface area contributed by atoms with Crippen LogP contribution in [-0.4, -0.2) is 16.9 Å². The molecule has 0 heterocycles. The number of nitro groups is 1. The molecule has 7 heteroatoms. The fraction of sp³-hybridized carbons (Fsp3) is 0.188. The smallest absolute Gasteiger partial charge is 0.289 e. The summed E-state index contributed by atoms with van der Waals surface area (Å²) < 4.78 is 5.53. The van der Waals surface area contributed by atoms with Crippen molar-refractivity contribution in [2.24, 2.45) is 0 Å². The molecule has 0 fully saturated rings. The van der Waals surface area contributed by atoms with E-state index in [2.05, 4.69) is 5.32 Å². The van der Waals surface area contributed by atoms with Gasteiger partial charge in [0.15, 0.2) is 0 Å². The molecule has 0 saturated heterocycles. The summed E-state index contributed by atoms with van der Waals surface area (Å²) in [5.41, 5.74) is 0.420. The van der Waals surface area contributed by atoms with Crippen molar-refractivity contribution in [3.8, 4) is 5.75 Å². The number of halogens is 1. The molecule has 0 aromatic heterocycles. The van der Waals surface area contributed by atoms with Crippen LogP contribution in [0.3, 0.4) is 0 Å². The van der Waals surface area contributed by atoms with E-state index in [1.165, 1.54) is 18.2 Å². The van der Waals surface area contributed by atoms with Gasteiger partial charge in [0.25, 0.3) is 11.6 Å². The van der Waals surface area contributed by atoms with Gasteiger partial charge in [-0.3, -0.25) is 14.9 Å². The van der Waals surface area contributed by atoms with Gasteiger partial charge < -0.3 is 10.1 Å². The van der Waals surface area contributed by atoms with Gasteiger partial charge >= 0.3 is 0 Å².